The highest BCUT2D eigenvalue weighted by Gasteiger charge is 2.23. The van der Waals surface area contributed by atoms with Gasteiger partial charge in [0, 0.05) is 11.1 Å². The van der Waals surface area contributed by atoms with Gasteiger partial charge in [-0.05, 0) is 24.3 Å². The predicted molar refractivity (Wildman–Crippen MR) is 72.2 cm³/mol. The Balaban J connectivity index is 2.47. The highest BCUT2D eigenvalue weighted by molar-refractivity contribution is 6.31. The molecule has 6 heteroatoms. The van der Waals surface area contributed by atoms with E-state index in [1.54, 1.807) is 6.07 Å². The number of carboxylic acid groups (broad SMARTS) is 1. The molecule has 1 N–H and O–H groups in total. The van der Waals surface area contributed by atoms with Gasteiger partial charge in [-0.25, -0.2) is 4.79 Å². The van der Waals surface area contributed by atoms with Crippen LogP contribution in [0.25, 0.3) is 22.5 Å². The maximum atomic E-state index is 12.3. The molecule has 3 aromatic rings. The molecule has 0 spiro atoms. The van der Waals surface area contributed by atoms with Gasteiger partial charge in [0.1, 0.15) is 5.58 Å². The first-order valence-corrected chi connectivity index (χ1v) is 5.99. The lowest BCUT2D eigenvalue weighted by molar-refractivity contribution is 0.0694. The van der Waals surface area contributed by atoms with Gasteiger partial charge in [-0.3, -0.25) is 4.79 Å². The fraction of sp³-hybridized carbons (Fsp3) is 0. The molecule has 0 aliphatic heterocycles. The molecule has 3 rings (SSSR count). The van der Waals surface area contributed by atoms with Crippen LogP contribution in [0.5, 0.6) is 0 Å². The third kappa shape index (κ3) is 1.88. The van der Waals surface area contributed by atoms with Crippen LogP contribution < -0.4 is 5.43 Å². The molecule has 5 nitrogen and oxygen atoms in total. The minimum absolute atomic E-state index is 0.123. The summed E-state index contributed by atoms with van der Waals surface area (Å²) >= 11 is 5.85. The van der Waals surface area contributed by atoms with Crippen molar-refractivity contribution in [2.45, 2.75) is 0 Å². The smallest absolute Gasteiger partial charge is 0.343 e. The Morgan fingerprint density at radius 3 is 2.70 bits per heavy atom. The lowest BCUT2D eigenvalue weighted by atomic mass is 10.1. The summed E-state index contributed by atoms with van der Waals surface area (Å²) in [5.74, 6) is -1.33. The first-order valence-electron chi connectivity index (χ1n) is 5.61. The molecular formula is C14H7ClO5. The van der Waals surface area contributed by atoms with Crippen LogP contribution in [0.1, 0.15) is 10.4 Å². The Labute approximate surface area is 117 Å². The van der Waals surface area contributed by atoms with Crippen molar-refractivity contribution in [3.63, 3.8) is 0 Å². The maximum Gasteiger partial charge on any atom is 0.343 e. The summed E-state index contributed by atoms with van der Waals surface area (Å²) in [6.45, 7) is 0. The second-order valence-electron chi connectivity index (χ2n) is 4.06. The molecule has 0 aliphatic carbocycles. The average molecular weight is 291 g/mol. The zero-order valence-corrected chi connectivity index (χ0v) is 10.7. The number of hydrogen-bond acceptors (Lipinski definition) is 4. The summed E-state index contributed by atoms with van der Waals surface area (Å²) in [7, 11) is 0. The molecule has 100 valence electrons. The van der Waals surface area contributed by atoms with Crippen LogP contribution in [0.4, 0.5) is 0 Å². The molecule has 0 atom stereocenters. The van der Waals surface area contributed by atoms with Gasteiger partial charge in [-0.1, -0.05) is 11.6 Å². The van der Waals surface area contributed by atoms with E-state index in [9.17, 15) is 14.7 Å². The largest absolute Gasteiger partial charge is 0.477 e. The summed E-state index contributed by atoms with van der Waals surface area (Å²) in [5.41, 5.74) is -0.893. The van der Waals surface area contributed by atoms with Gasteiger partial charge >= 0.3 is 5.97 Å². The number of benzene rings is 1. The number of furan rings is 1. The monoisotopic (exact) mass is 290 g/mol. The first kappa shape index (κ1) is 12.5. The van der Waals surface area contributed by atoms with Crippen molar-refractivity contribution in [3.05, 3.63) is 57.4 Å². The second-order valence-corrected chi connectivity index (χ2v) is 4.49. The molecule has 2 aromatic heterocycles. The number of rotatable bonds is 2. The number of carbonyl (C=O) groups is 1. The molecule has 0 saturated carbocycles. The maximum absolute atomic E-state index is 12.3. The lowest BCUT2D eigenvalue weighted by Gasteiger charge is -2.05. The van der Waals surface area contributed by atoms with Gasteiger partial charge in [0.25, 0.3) is 0 Å². The van der Waals surface area contributed by atoms with Gasteiger partial charge in [0.15, 0.2) is 17.1 Å². The van der Waals surface area contributed by atoms with Crippen molar-refractivity contribution in [2.75, 3.05) is 0 Å². The minimum atomic E-state index is -1.37. The van der Waals surface area contributed by atoms with Gasteiger partial charge in [-0.15, -0.1) is 0 Å². The molecule has 2 heterocycles. The van der Waals surface area contributed by atoms with Gasteiger partial charge in [0.2, 0.25) is 5.43 Å². The molecule has 0 unspecified atom stereocenters. The van der Waals surface area contributed by atoms with Crippen LogP contribution >= 0.6 is 11.6 Å². The van der Waals surface area contributed by atoms with E-state index in [-0.39, 0.29) is 22.5 Å². The number of halogens is 1. The van der Waals surface area contributed by atoms with E-state index >= 15 is 0 Å². The summed E-state index contributed by atoms with van der Waals surface area (Å²) in [6, 6.07) is 7.47. The fourth-order valence-corrected chi connectivity index (χ4v) is 2.10. The fourth-order valence-electron chi connectivity index (χ4n) is 1.94. The number of hydrogen-bond donors (Lipinski definition) is 1. The Bertz CT molecular complexity index is 861. The molecular weight excluding hydrogens is 284 g/mol. The molecule has 0 aliphatic rings. The topological polar surface area (TPSA) is 80.7 Å². The van der Waals surface area contributed by atoms with Gasteiger partial charge in [0.05, 0.1) is 11.6 Å². The van der Waals surface area contributed by atoms with E-state index in [4.69, 9.17) is 20.4 Å². The number of aromatic carboxylic acids is 1. The Morgan fingerprint density at radius 1 is 1.25 bits per heavy atom. The molecule has 20 heavy (non-hydrogen) atoms. The molecule has 0 radical (unpaired) electrons. The lowest BCUT2D eigenvalue weighted by Crippen LogP contribution is -2.16. The SMILES string of the molecule is O=C(O)c1c(-c2ccco2)oc2cc(Cl)ccc2c1=O. The van der Waals surface area contributed by atoms with Crippen LogP contribution in [0, 0.1) is 0 Å². The normalized spacial score (nSPS) is 10.8. The van der Waals surface area contributed by atoms with E-state index in [2.05, 4.69) is 0 Å². The van der Waals surface area contributed by atoms with Crippen LogP contribution in [0.15, 0.2) is 50.2 Å². The van der Waals surface area contributed by atoms with Crippen molar-refractivity contribution in [1.29, 1.82) is 0 Å². The highest BCUT2D eigenvalue weighted by atomic mass is 35.5. The molecule has 0 fully saturated rings. The summed E-state index contributed by atoms with van der Waals surface area (Å²) in [5, 5.41) is 9.77. The van der Waals surface area contributed by atoms with Gasteiger partial charge < -0.3 is 13.9 Å². The van der Waals surface area contributed by atoms with Crippen molar-refractivity contribution in [3.8, 4) is 11.5 Å². The van der Waals surface area contributed by atoms with E-state index < -0.39 is 17.0 Å². The van der Waals surface area contributed by atoms with Crippen LogP contribution in [-0.4, -0.2) is 11.1 Å². The van der Waals surface area contributed by atoms with Crippen LogP contribution in [-0.2, 0) is 0 Å². The standard InChI is InChI=1S/C14H7ClO5/c15-7-3-4-8-10(6-7)20-13(9-2-1-5-19-9)11(12(8)16)14(17)18/h1-6H,(H,17,18). The number of fused-ring (bicyclic) bond motifs is 1. The van der Waals surface area contributed by atoms with Crippen molar-refractivity contribution in [2.24, 2.45) is 0 Å². The van der Waals surface area contributed by atoms with Crippen LogP contribution in [0.3, 0.4) is 0 Å². The zero-order chi connectivity index (χ0) is 14.3. The summed E-state index contributed by atoms with van der Waals surface area (Å²) < 4.78 is 10.6. The highest BCUT2D eigenvalue weighted by Crippen LogP contribution is 2.27. The molecule has 0 saturated heterocycles. The summed E-state index contributed by atoms with van der Waals surface area (Å²) in [6.07, 6.45) is 1.36. The van der Waals surface area contributed by atoms with Gasteiger partial charge in [-0.2, -0.15) is 0 Å². The van der Waals surface area contributed by atoms with Crippen molar-refractivity contribution >= 4 is 28.5 Å². The molecule has 0 bridgehead atoms. The quantitative estimate of drug-likeness (QED) is 0.782. The van der Waals surface area contributed by atoms with E-state index in [0.717, 1.165) is 0 Å². The minimum Gasteiger partial charge on any atom is -0.477 e. The molecule has 0 amide bonds. The predicted octanol–water partition coefficient (Wildman–Crippen LogP) is 3.40. The van der Waals surface area contributed by atoms with Crippen molar-refractivity contribution in [1.82, 2.24) is 0 Å². The Morgan fingerprint density at radius 2 is 2.05 bits per heavy atom. The average Bonchev–Trinajstić information content (AvgIpc) is 2.91. The number of carboxylic acids is 1. The summed E-state index contributed by atoms with van der Waals surface area (Å²) in [4.78, 5) is 23.6. The second kappa shape index (κ2) is 4.54. The Kier molecular flexibility index (Phi) is 2.84. The van der Waals surface area contributed by atoms with E-state index in [0.29, 0.717) is 5.02 Å². The Hall–Kier alpha value is -2.53. The first-order chi connectivity index (χ1) is 9.58. The molecule has 1 aromatic carbocycles. The van der Waals surface area contributed by atoms with E-state index in [1.807, 2.05) is 0 Å². The third-order valence-corrected chi connectivity index (χ3v) is 3.05. The third-order valence-electron chi connectivity index (χ3n) is 2.81. The van der Waals surface area contributed by atoms with Crippen LogP contribution in [0.2, 0.25) is 5.02 Å². The van der Waals surface area contributed by atoms with Crippen molar-refractivity contribution < 1.29 is 18.7 Å². The zero-order valence-electron chi connectivity index (χ0n) is 9.92. The van der Waals surface area contributed by atoms with E-state index in [1.165, 1.54) is 30.5 Å².